The van der Waals surface area contributed by atoms with Crippen LogP contribution in [0.15, 0.2) is 35.8 Å². The van der Waals surface area contributed by atoms with Crippen molar-refractivity contribution in [3.63, 3.8) is 0 Å². The van der Waals surface area contributed by atoms with Crippen LogP contribution in [0.3, 0.4) is 0 Å². The van der Waals surface area contributed by atoms with E-state index in [1.165, 1.54) is 0 Å². The number of halogens is 1. The lowest BCUT2D eigenvalue weighted by Gasteiger charge is -2.31. The summed E-state index contributed by atoms with van der Waals surface area (Å²) in [6.45, 7) is 1.75. The first kappa shape index (κ1) is 14.5. The Balaban J connectivity index is 0.00000132. The van der Waals surface area contributed by atoms with Crippen LogP contribution in [-0.2, 0) is 10.2 Å². The van der Waals surface area contributed by atoms with Crippen molar-refractivity contribution >= 4 is 40.3 Å². The van der Waals surface area contributed by atoms with E-state index in [9.17, 15) is 4.79 Å². The summed E-state index contributed by atoms with van der Waals surface area (Å²) in [6.07, 6.45) is 3.46. The molecule has 6 heteroatoms. The Hall–Kier alpha value is -1.43. The third-order valence-corrected chi connectivity index (χ3v) is 5.13. The zero-order valence-corrected chi connectivity index (χ0v) is 13.0. The molecule has 0 radical (unpaired) electrons. The van der Waals surface area contributed by atoms with Crippen molar-refractivity contribution in [3.8, 4) is 0 Å². The number of anilines is 2. The lowest BCUT2D eigenvalue weighted by atomic mass is 9.76. The van der Waals surface area contributed by atoms with Gasteiger partial charge in [0.2, 0.25) is 5.91 Å². The fourth-order valence-corrected chi connectivity index (χ4v) is 4.03. The number of carbonyl (C=O) groups excluding carboxylic acids is 1. The molecule has 0 aromatic carbocycles. The van der Waals surface area contributed by atoms with Gasteiger partial charge in [0.05, 0.1) is 16.8 Å². The minimum absolute atomic E-state index is 0. The molecule has 4 rings (SSSR count). The summed E-state index contributed by atoms with van der Waals surface area (Å²) in [7, 11) is 0. The van der Waals surface area contributed by atoms with E-state index in [0.717, 1.165) is 42.3 Å². The number of aromatic nitrogens is 1. The van der Waals surface area contributed by atoms with Gasteiger partial charge in [0.25, 0.3) is 0 Å². The maximum absolute atomic E-state index is 13.1. The lowest BCUT2D eigenvalue weighted by molar-refractivity contribution is -0.123. The number of rotatable bonds is 1. The van der Waals surface area contributed by atoms with E-state index >= 15 is 0 Å². The first-order valence-electron chi connectivity index (χ1n) is 6.87. The number of hydrogen-bond acceptors (Lipinski definition) is 4. The molecule has 0 atom stereocenters. The van der Waals surface area contributed by atoms with Crippen LogP contribution in [0.25, 0.3) is 0 Å². The molecule has 0 bridgehead atoms. The monoisotopic (exact) mass is 321 g/mol. The third-order valence-electron chi connectivity index (χ3n) is 4.28. The zero-order chi connectivity index (χ0) is 13.6. The molecule has 0 saturated carbocycles. The lowest BCUT2D eigenvalue weighted by Crippen LogP contribution is -2.46. The highest BCUT2D eigenvalue weighted by atomic mass is 35.5. The molecular formula is C15H16ClN3OS. The normalized spacial score (nSPS) is 19.4. The van der Waals surface area contributed by atoms with Crippen LogP contribution in [0.4, 0.5) is 10.7 Å². The summed E-state index contributed by atoms with van der Waals surface area (Å²) in [5, 5.41) is 6.33. The number of nitrogens with one attached hydrogen (secondary N) is 1. The highest BCUT2D eigenvalue weighted by Crippen LogP contribution is 2.49. The van der Waals surface area contributed by atoms with E-state index in [2.05, 4.69) is 10.3 Å². The van der Waals surface area contributed by atoms with Gasteiger partial charge in [-0.05, 0) is 55.6 Å². The van der Waals surface area contributed by atoms with Crippen LogP contribution >= 0.6 is 23.7 Å². The molecular weight excluding hydrogens is 306 g/mol. The summed E-state index contributed by atoms with van der Waals surface area (Å²) >= 11 is 1.60. The summed E-state index contributed by atoms with van der Waals surface area (Å²) in [4.78, 5) is 19.5. The molecule has 1 fully saturated rings. The number of pyridine rings is 1. The van der Waals surface area contributed by atoms with E-state index in [4.69, 9.17) is 0 Å². The molecule has 1 spiro atoms. The fraction of sp³-hybridized carbons (Fsp3) is 0.333. The van der Waals surface area contributed by atoms with E-state index in [-0.39, 0.29) is 18.3 Å². The first-order valence-corrected chi connectivity index (χ1v) is 7.75. The summed E-state index contributed by atoms with van der Waals surface area (Å²) in [5.74, 6) is 0.190. The minimum atomic E-state index is -0.425. The van der Waals surface area contributed by atoms with Crippen molar-refractivity contribution in [1.82, 2.24) is 10.3 Å². The average molecular weight is 322 g/mol. The molecule has 0 unspecified atom stereocenters. The fourth-order valence-electron chi connectivity index (χ4n) is 3.29. The molecule has 4 nitrogen and oxygen atoms in total. The third kappa shape index (κ3) is 1.99. The van der Waals surface area contributed by atoms with Gasteiger partial charge in [0.15, 0.2) is 0 Å². The molecule has 2 aromatic rings. The van der Waals surface area contributed by atoms with Gasteiger partial charge in [-0.1, -0.05) is 0 Å². The van der Waals surface area contributed by atoms with Crippen molar-refractivity contribution in [3.05, 3.63) is 41.5 Å². The van der Waals surface area contributed by atoms with Gasteiger partial charge in [0.1, 0.15) is 5.00 Å². The molecule has 21 heavy (non-hydrogen) atoms. The van der Waals surface area contributed by atoms with Crippen LogP contribution in [-0.4, -0.2) is 24.0 Å². The number of amides is 1. The Morgan fingerprint density at radius 2 is 2.05 bits per heavy atom. The van der Waals surface area contributed by atoms with Crippen molar-refractivity contribution in [2.24, 2.45) is 0 Å². The maximum Gasteiger partial charge on any atom is 0.244 e. The number of hydrogen-bond donors (Lipinski definition) is 1. The Morgan fingerprint density at radius 3 is 2.76 bits per heavy atom. The van der Waals surface area contributed by atoms with E-state index < -0.39 is 5.41 Å². The maximum atomic E-state index is 13.1. The van der Waals surface area contributed by atoms with Crippen molar-refractivity contribution in [1.29, 1.82) is 0 Å². The van der Waals surface area contributed by atoms with Gasteiger partial charge in [-0.15, -0.1) is 23.7 Å². The van der Waals surface area contributed by atoms with Gasteiger partial charge in [-0.2, -0.15) is 0 Å². The predicted octanol–water partition coefficient (Wildman–Crippen LogP) is 2.86. The number of nitrogens with zero attached hydrogens (tertiary/aromatic N) is 2. The van der Waals surface area contributed by atoms with Crippen LogP contribution in [0.5, 0.6) is 0 Å². The number of piperidine rings is 1. The van der Waals surface area contributed by atoms with Gasteiger partial charge in [0, 0.05) is 6.20 Å². The van der Waals surface area contributed by atoms with Gasteiger partial charge in [-0.25, -0.2) is 0 Å². The summed E-state index contributed by atoms with van der Waals surface area (Å²) < 4.78 is 0. The molecule has 2 aromatic heterocycles. The van der Waals surface area contributed by atoms with Crippen LogP contribution < -0.4 is 10.2 Å². The summed E-state index contributed by atoms with van der Waals surface area (Å²) in [5.41, 5.74) is 1.49. The highest BCUT2D eigenvalue weighted by molar-refractivity contribution is 7.14. The second-order valence-corrected chi connectivity index (χ2v) is 6.22. The van der Waals surface area contributed by atoms with Crippen molar-refractivity contribution < 1.29 is 4.79 Å². The average Bonchev–Trinajstić information content (AvgIpc) is 3.09. The largest absolute Gasteiger partial charge is 0.317 e. The quantitative estimate of drug-likeness (QED) is 0.878. The number of thiophene rings is 1. The molecule has 1 saturated heterocycles. The number of carbonyl (C=O) groups is 1. The molecule has 1 amide bonds. The highest BCUT2D eigenvalue weighted by Gasteiger charge is 2.52. The molecule has 2 aliphatic heterocycles. The smallest absolute Gasteiger partial charge is 0.244 e. The van der Waals surface area contributed by atoms with E-state index in [1.54, 1.807) is 17.5 Å². The van der Waals surface area contributed by atoms with E-state index in [1.807, 2.05) is 34.5 Å². The Kier molecular flexibility index (Phi) is 3.73. The predicted molar refractivity (Wildman–Crippen MR) is 86.7 cm³/mol. The van der Waals surface area contributed by atoms with Crippen molar-refractivity contribution in [2.45, 2.75) is 18.3 Å². The van der Waals surface area contributed by atoms with Crippen LogP contribution in [0, 0.1) is 0 Å². The minimum Gasteiger partial charge on any atom is -0.317 e. The SMILES string of the molecule is Cl.O=C1N(c2cccs2)c2cccnc2C12CCNCC2. The molecule has 4 heterocycles. The molecule has 2 aliphatic rings. The number of fused-ring (bicyclic) bond motifs is 2. The second-order valence-electron chi connectivity index (χ2n) is 5.30. The first-order chi connectivity index (χ1) is 9.83. The topological polar surface area (TPSA) is 45.2 Å². The van der Waals surface area contributed by atoms with Gasteiger partial charge >= 0.3 is 0 Å². The molecule has 0 aliphatic carbocycles. The zero-order valence-electron chi connectivity index (χ0n) is 11.4. The van der Waals surface area contributed by atoms with E-state index in [0.29, 0.717) is 0 Å². The Labute approximate surface area is 133 Å². The summed E-state index contributed by atoms with van der Waals surface area (Å²) in [6, 6.07) is 7.90. The Morgan fingerprint density at radius 1 is 1.24 bits per heavy atom. The van der Waals surface area contributed by atoms with Crippen LogP contribution in [0.1, 0.15) is 18.5 Å². The van der Waals surface area contributed by atoms with Gasteiger partial charge < -0.3 is 5.32 Å². The van der Waals surface area contributed by atoms with Crippen molar-refractivity contribution in [2.75, 3.05) is 18.0 Å². The standard InChI is InChI=1S/C15H15N3OS.ClH/c19-14-15(5-8-16-9-6-15)13-11(3-1-7-17-13)18(14)12-4-2-10-20-12;/h1-4,7,10,16H,5-6,8-9H2;1H. The Bertz CT molecular complexity index is 653. The molecule has 1 N–H and O–H groups in total. The second kappa shape index (κ2) is 5.40. The van der Waals surface area contributed by atoms with Gasteiger partial charge in [-0.3, -0.25) is 14.7 Å². The molecule has 110 valence electrons. The van der Waals surface area contributed by atoms with Crippen LogP contribution in [0.2, 0.25) is 0 Å².